The number of cyclic esters (lactones) is 1. The summed E-state index contributed by atoms with van der Waals surface area (Å²) in [5, 5.41) is 1.81. The monoisotopic (exact) mass is 245 g/mol. The van der Waals surface area contributed by atoms with Crippen LogP contribution in [0.3, 0.4) is 0 Å². The molecular weight excluding hydrogens is 238 g/mol. The van der Waals surface area contributed by atoms with Gasteiger partial charge in [0.15, 0.2) is 6.10 Å². The van der Waals surface area contributed by atoms with Crippen molar-refractivity contribution in [3.05, 3.63) is 52.0 Å². The standard InChI is InChI=1S/C12H7NO3S/c14-10(9-2-1-5-17-9)11-8-6-13-4-3-7(8)12(15)16-11/h1-6,11H. The third-order valence-electron chi connectivity index (χ3n) is 2.58. The number of carbonyl (C=O) groups is 2. The van der Waals surface area contributed by atoms with Crippen molar-refractivity contribution in [1.82, 2.24) is 4.98 Å². The van der Waals surface area contributed by atoms with Crippen LogP contribution >= 0.6 is 11.3 Å². The van der Waals surface area contributed by atoms with Crippen molar-refractivity contribution in [1.29, 1.82) is 0 Å². The number of ether oxygens (including phenoxy) is 1. The molecule has 3 heterocycles. The van der Waals surface area contributed by atoms with Crippen molar-refractivity contribution in [2.75, 3.05) is 0 Å². The van der Waals surface area contributed by atoms with Gasteiger partial charge >= 0.3 is 5.97 Å². The summed E-state index contributed by atoms with van der Waals surface area (Å²) in [7, 11) is 0. The van der Waals surface area contributed by atoms with Gasteiger partial charge in [-0.1, -0.05) is 6.07 Å². The van der Waals surface area contributed by atoms with E-state index >= 15 is 0 Å². The molecule has 0 spiro atoms. The fourth-order valence-electron chi connectivity index (χ4n) is 1.78. The molecule has 84 valence electrons. The van der Waals surface area contributed by atoms with Gasteiger partial charge in [-0.2, -0.15) is 0 Å². The van der Waals surface area contributed by atoms with E-state index in [9.17, 15) is 9.59 Å². The number of carbonyl (C=O) groups excluding carboxylic acids is 2. The summed E-state index contributed by atoms with van der Waals surface area (Å²) in [6.45, 7) is 0. The van der Waals surface area contributed by atoms with Crippen LogP contribution in [0.2, 0.25) is 0 Å². The molecule has 0 saturated heterocycles. The lowest BCUT2D eigenvalue weighted by atomic mass is 10.0. The van der Waals surface area contributed by atoms with Gasteiger partial charge in [-0.05, 0) is 17.5 Å². The summed E-state index contributed by atoms with van der Waals surface area (Å²) >= 11 is 1.33. The topological polar surface area (TPSA) is 56.3 Å². The van der Waals surface area contributed by atoms with E-state index in [4.69, 9.17) is 4.74 Å². The maximum atomic E-state index is 12.1. The summed E-state index contributed by atoms with van der Waals surface area (Å²) in [5.74, 6) is -0.655. The Bertz CT molecular complexity index is 592. The number of Topliss-reactive ketones (excluding diaryl/α,β-unsaturated/α-hetero) is 1. The van der Waals surface area contributed by atoms with Gasteiger partial charge in [-0.25, -0.2) is 4.79 Å². The number of hydrogen-bond acceptors (Lipinski definition) is 5. The molecule has 0 saturated carbocycles. The molecule has 1 atom stereocenters. The molecule has 4 nitrogen and oxygen atoms in total. The third-order valence-corrected chi connectivity index (χ3v) is 3.47. The molecule has 0 aromatic carbocycles. The first-order valence-electron chi connectivity index (χ1n) is 5.00. The maximum absolute atomic E-state index is 12.1. The highest BCUT2D eigenvalue weighted by atomic mass is 32.1. The minimum absolute atomic E-state index is 0.194. The van der Waals surface area contributed by atoms with E-state index in [1.165, 1.54) is 23.7 Å². The van der Waals surface area contributed by atoms with E-state index in [-0.39, 0.29) is 5.78 Å². The average molecular weight is 245 g/mol. The fraction of sp³-hybridized carbons (Fsp3) is 0.0833. The second-order valence-corrected chi connectivity index (χ2v) is 4.54. The summed E-state index contributed by atoms with van der Waals surface area (Å²) < 4.78 is 5.10. The van der Waals surface area contributed by atoms with Crippen molar-refractivity contribution in [3.63, 3.8) is 0 Å². The first-order valence-corrected chi connectivity index (χ1v) is 5.88. The quantitative estimate of drug-likeness (QED) is 0.601. The van der Waals surface area contributed by atoms with E-state index in [1.807, 2.05) is 5.38 Å². The molecule has 1 unspecified atom stereocenters. The fourth-order valence-corrected chi connectivity index (χ4v) is 2.46. The number of nitrogens with zero attached hydrogens (tertiary/aromatic N) is 1. The molecule has 3 rings (SSSR count). The third kappa shape index (κ3) is 1.55. The Balaban J connectivity index is 2.02. The highest BCUT2D eigenvalue weighted by Gasteiger charge is 2.36. The zero-order valence-corrected chi connectivity index (χ0v) is 9.44. The van der Waals surface area contributed by atoms with E-state index < -0.39 is 12.1 Å². The minimum Gasteiger partial charge on any atom is -0.445 e. The van der Waals surface area contributed by atoms with Gasteiger partial charge in [0, 0.05) is 18.0 Å². The molecule has 2 aromatic rings. The van der Waals surface area contributed by atoms with Crippen LogP contribution in [-0.4, -0.2) is 16.7 Å². The summed E-state index contributed by atoms with van der Waals surface area (Å²) in [6, 6.07) is 5.08. The van der Waals surface area contributed by atoms with Crippen LogP contribution in [0, 0.1) is 0 Å². The van der Waals surface area contributed by atoms with Crippen LogP contribution in [0.4, 0.5) is 0 Å². The maximum Gasteiger partial charge on any atom is 0.339 e. The molecule has 0 bridgehead atoms. The molecular formula is C12H7NO3S. The minimum atomic E-state index is -0.843. The van der Waals surface area contributed by atoms with Crippen molar-refractivity contribution in [3.8, 4) is 0 Å². The molecule has 0 aliphatic carbocycles. The second kappa shape index (κ2) is 3.78. The van der Waals surface area contributed by atoms with Crippen molar-refractivity contribution < 1.29 is 14.3 Å². The Labute approximate surface area is 101 Å². The SMILES string of the molecule is O=C1OC(C(=O)c2cccs2)c2cnccc21. The Kier molecular flexibility index (Phi) is 2.26. The molecule has 17 heavy (non-hydrogen) atoms. The van der Waals surface area contributed by atoms with E-state index in [2.05, 4.69) is 4.98 Å². The van der Waals surface area contributed by atoms with Crippen LogP contribution in [0.25, 0.3) is 0 Å². The lowest BCUT2D eigenvalue weighted by Gasteiger charge is -2.07. The van der Waals surface area contributed by atoms with Crippen LogP contribution in [0.1, 0.15) is 31.7 Å². The first kappa shape index (κ1) is 10.2. The van der Waals surface area contributed by atoms with Gasteiger partial charge in [0.2, 0.25) is 5.78 Å². The van der Waals surface area contributed by atoms with Gasteiger partial charge in [-0.3, -0.25) is 9.78 Å². The van der Waals surface area contributed by atoms with Gasteiger partial charge in [-0.15, -0.1) is 11.3 Å². The average Bonchev–Trinajstić information content (AvgIpc) is 2.97. The highest BCUT2D eigenvalue weighted by molar-refractivity contribution is 7.12. The van der Waals surface area contributed by atoms with E-state index in [0.717, 1.165) is 0 Å². The predicted octanol–water partition coefficient (Wildman–Crippen LogP) is 2.24. The zero-order chi connectivity index (χ0) is 11.8. The Morgan fingerprint density at radius 2 is 2.29 bits per heavy atom. The highest BCUT2D eigenvalue weighted by Crippen LogP contribution is 2.33. The van der Waals surface area contributed by atoms with Crippen LogP contribution in [0.15, 0.2) is 36.0 Å². The van der Waals surface area contributed by atoms with Crippen LogP contribution in [-0.2, 0) is 4.74 Å². The van der Waals surface area contributed by atoms with Gasteiger partial charge < -0.3 is 4.74 Å². The number of pyridine rings is 1. The molecule has 5 heteroatoms. The molecule has 0 radical (unpaired) electrons. The smallest absolute Gasteiger partial charge is 0.339 e. The molecule has 0 amide bonds. The van der Waals surface area contributed by atoms with Crippen LogP contribution < -0.4 is 0 Å². The van der Waals surface area contributed by atoms with Gasteiger partial charge in [0.1, 0.15) is 0 Å². The normalized spacial score (nSPS) is 17.6. The van der Waals surface area contributed by atoms with Gasteiger partial charge in [0.25, 0.3) is 0 Å². The first-order chi connectivity index (χ1) is 8.27. The number of hydrogen-bond donors (Lipinski definition) is 0. The summed E-state index contributed by atoms with van der Waals surface area (Å²) in [6.07, 6.45) is 2.18. The Morgan fingerprint density at radius 1 is 1.41 bits per heavy atom. The molecule has 1 aliphatic rings. The van der Waals surface area contributed by atoms with Crippen molar-refractivity contribution in [2.45, 2.75) is 6.10 Å². The lowest BCUT2D eigenvalue weighted by Crippen LogP contribution is -2.11. The summed E-state index contributed by atoms with van der Waals surface area (Å²) in [5.41, 5.74) is 0.978. The van der Waals surface area contributed by atoms with E-state index in [0.29, 0.717) is 16.0 Å². The lowest BCUT2D eigenvalue weighted by molar-refractivity contribution is 0.0356. The van der Waals surface area contributed by atoms with Crippen molar-refractivity contribution >= 4 is 23.1 Å². The number of rotatable bonds is 2. The second-order valence-electron chi connectivity index (χ2n) is 3.59. The number of fused-ring (bicyclic) bond motifs is 1. The van der Waals surface area contributed by atoms with Crippen LogP contribution in [0.5, 0.6) is 0 Å². The molecule has 0 fully saturated rings. The molecule has 0 N–H and O–H groups in total. The molecule has 2 aromatic heterocycles. The number of ketones is 1. The predicted molar refractivity (Wildman–Crippen MR) is 61.0 cm³/mol. The van der Waals surface area contributed by atoms with E-state index in [1.54, 1.807) is 18.2 Å². The largest absolute Gasteiger partial charge is 0.445 e. The van der Waals surface area contributed by atoms with Gasteiger partial charge in [0.05, 0.1) is 10.4 Å². The number of aromatic nitrogens is 1. The number of thiophene rings is 1. The summed E-state index contributed by atoms with van der Waals surface area (Å²) in [4.78, 5) is 28.2. The Morgan fingerprint density at radius 3 is 3.06 bits per heavy atom. The molecule has 1 aliphatic heterocycles. The van der Waals surface area contributed by atoms with Crippen molar-refractivity contribution in [2.24, 2.45) is 0 Å². The Hall–Kier alpha value is -2.01. The zero-order valence-electron chi connectivity index (χ0n) is 8.62. The number of esters is 1.